The predicted octanol–water partition coefficient (Wildman–Crippen LogP) is 3.43. The van der Waals surface area contributed by atoms with Gasteiger partial charge >= 0.3 is 0 Å². The van der Waals surface area contributed by atoms with Gasteiger partial charge in [0.05, 0.1) is 12.8 Å². The number of ether oxygens (including phenoxy) is 2. The highest BCUT2D eigenvalue weighted by Gasteiger charge is 2.13. The van der Waals surface area contributed by atoms with Crippen LogP contribution in [0.1, 0.15) is 36.0 Å². The SMILES string of the molecule is COc1ccc(C(C)=O)cc1OC(C)c1ccccn1. The molecule has 1 aromatic carbocycles. The van der Waals surface area contributed by atoms with E-state index in [1.807, 2.05) is 25.1 Å². The third-order valence-electron chi connectivity index (χ3n) is 2.98. The lowest BCUT2D eigenvalue weighted by atomic mass is 10.1. The summed E-state index contributed by atoms with van der Waals surface area (Å²) in [5, 5.41) is 0. The molecule has 20 heavy (non-hydrogen) atoms. The lowest BCUT2D eigenvalue weighted by Crippen LogP contribution is -2.06. The molecule has 0 amide bonds. The van der Waals surface area contributed by atoms with Crippen LogP contribution in [0, 0.1) is 0 Å². The third-order valence-corrected chi connectivity index (χ3v) is 2.98. The Labute approximate surface area is 118 Å². The van der Waals surface area contributed by atoms with Gasteiger partial charge in [0.25, 0.3) is 0 Å². The van der Waals surface area contributed by atoms with Gasteiger partial charge in [-0.1, -0.05) is 6.07 Å². The molecule has 2 aromatic rings. The summed E-state index contributed by atoms with van der Waals surface area (Å²) in [6.45, 7) is 3.43. The maximum atomic E-state index is 11.4. The van der Waals surface area contributed by atoms with E-state index >= 15 is 0 Å². The van der Waals surface area contributed by atoms with Gasteiger partial charge in [-0.2, -0.15) is 0 Å². The van der Waals surface area contributed by atoms with Crippen molar-refractivity contribution in [3.05, 3.63) is 53.9 Å². The van der Waals surface area contributed by atoms with Crippen LogP contribution in [-0.4, -0.2) is 17.9 Å². The van der Waals surface area contributed by atoms with Crippen molar-refractivity contribution in [1.29, 1.82) is 0 Å². The van der Waals surface area contributed by atoms with Gasteiger partial charge in [0.2, 0.25) is 0 Å². The highest BCUT2D eigenvalue weighted by Crippen LogP contribution is 2.31. The maximum absolute atomic E-state index is 11.4. The van der Waals surface area contributed by atoms with E-state index in [1.54, 1.807) is 31.5 Å². The molecule has 0 N–H and O–H groups in total. The largest absolute Gasteiger partial charge is 0.493 e. The Morgan fingerprint density at radius 1 is 1.20 bits per heavy atom. The zero-order valence-electron chi connectivity index (χ0n) is 11.8. The summed E-state index contributed by atoms with van der Waals surface area (Å²) in [7, 11) is 1.57. The number of hydrogen-bond donors (Lipinski definition) is 0. The van der Waals surface area contributed by atoms with Crippen molar-refractivity contribution in [2.45, 2.75) is 20.0 Å². The molecule has 0 spiro atoms. The van der Waals surface area contributed by atoms with Gasteiger partial charge in [0.15, 0.2) is 17.3 Å². The predicted molar refractivity (Wildman–Crippen MR) is 76.3 cm³/mol. The number of hydrogen-bond acceptors (Lipinski definition) is 4. The van der Waals surface area contributed by atoms with Crippen molar-refractivity contribution in [3.8, 4) is 11.5 Å². The molecule has 1 heterocycles. The smallest absolute Gasteiger partial charge is 0.162 e. The molecule has 4 heteroatoms. The van der Waals surface area contributed by atoms with Crippen LogP contribution >= 0.6 is 0 Å². The Balaban J connectivity index is 2.27. The molecule has 4 nitrogen and oxygen atoms in total. The Morgan fingerprint density at radius 2 is 2.00 bits per heavy atom. The normalized spacial score (nSPS) is 11.8. The zero-order chi connectivity index (χ0) is 14.5. The van der Waals surface area contributed by atoms with Crippen molar-refractivity contribution in [1.82, 2.24) is 4.98 Å². The van der Waals surface area contributed by atoms with Gasteiger partial charge in [-0.15, -0.1) is 0 Å². The summed E-state index contributed by atoms with van der Waals surface area (Å²) < 4.78 is 11.1. The highest BCUT2D eigenvalue weighted by molar-refractivity contribution is 5.94. The molecule has 104 valence electrons. The van der Waals surface area contributed by atoms with Crippen LogP contribution in [0.15, 0.2) is 42.6 Å². The molecule has 0 aliphatic carbocycles. The Morgan fingerprint density at radius 3 is 2.60 bits per heavy atom. The van der Waals surface area contributed by atoms with E-state index < -0.39 is 0 Å². The van der Waals surface area contributed by atoms with Crippen molar-refractivity contribution in [2.24, 2.45) is 0 Å². The summed E-state index contributed by atoms with van der Waals surface area (Å²) in [5.41, 5.74) is 1.41. The number of ketones is 1. The number of rotatable bonds is 5. The average molecular weight is 271 g/mol. The quantitative estimate of drug-likeness (QED) is 0.782. The minimum absolute atomic E-state index is 0.0111. The Hall–Kier alpha value is -2.36. The van der Waals surface area contributed by atoms with E-state index in [0.717, 1.165) is 5.69 Å². The highest BCUT2D eigenvalue weighted by atomic mass is 16.5. The Bertz CT molecular complexity index is 596. The minimum Gasteiger partial charge on any atom is -0.493 e. The van der Waals surface area contributed by atoms with Crippen molar-refractivity contribution in [3.63, 3.8) is 0 Å². The van der Waals surface area contributed by atoms with Crippen LogP contribution in [0.3, 0.4) is 0 Å². The van der Waals surface area contributed by atoms with Crippen LogP contribution in [0.2, 0.25) is 0 Å². The molecule has 2 rings (SSSR count). The number of Topliss-reactive ketones (excluding diaryl/α,β-unsaturated/α-hetero) is 1. The molecule has 0 aliphatic heterocycles. The fourth-order valence-electron chi connectivity index (χ4n) is 1.86. The van der Waals surface area contributed by atoms with E-state index in [1.165, 1.54) is 6.92 Å². The first-order chi connectivity index (χ1) is 9.61. The summed E-state index contributed by atoms with van der Waals surface area (Å²) in [6.07, 6.45) is 1.49. The second-order valence-electron chi connectivity index (χ2n) is 4.44. The van der Waals surface area contributed by atoms with E-state index in [4.69, 9.17) is 9.47 Å². The fraction of sp³-hybridized carbons (Fsp3) is 0.250. The van der Waals surface area contributed by atoms with Crippen molar-refractivity contribution in [2.75, 3.05) is 7.11 Å². The number of carbonyl (C=O) groups is 1. The fourth-order valence-corrected chi connectivity index (χ4v) is 1.86. The molecule has 1 atom stereocenters. The number of aromatic nitrogens is 1. The molecular formula is C16H17NO3. The number of methoxy groups -OCH3 is 1. The van der Waals surface area contributed by atoms with Crippen LogP contribution in [0.5, 0.6) is 11.5 Å². The second-order valence-corrected chi connectivity index (χ2v) is 4.44. The number of nitrogens with zero attached hydrogens (tertiary/aromatic N) is 1. The molecule has 0 saturated carbocycles. The number of carbonyl (C=O) groups excluding carboxylic acids is 1. The molecule has 0 aliphatic rings. The van der Waals surface area contributed by atoms with E-state index in [9.17, 15) is 4.79 Å². The Kier molecular flexibility index (Phi) is 4.35. The molecule has 0 saturated heterocycles. The summed E-state index contributed by atoms with van der Waals surface area (Å²) in [5.74, 6) is 1.12. The van der Waals surface area contributed by atoms with Gasteiger partial charge in [-0.05, 0) is 44.2 Å². The third kappa shape index (κ3) is 3.15. The van der Waals surface area contributed by atoms with Crippen LogP contribution in [0.25, 0.3) is 0 Å². The average Bonchev–Trinajstić information content (AvgIpc) is 2.48. The van der Waals surface area contributed by atoms with Crippen molar-refractivity contribution >= 4 is 5.78 Å². The molecule has 0 radical (unpaired) electrons. The first-order valence-corrected chi connectivity index (χ1v) is 6.38. The van der Waals surface area contributed by atoms with Crippen molar-refractivity contribution < 1.29 is 14.3 Å². The maximum Gasteiger partial charge on any atom is 0.162 e. The standard InChI is InChI=1S/C16H17NO3/c1-11(18)13-7-8-15(19-3)16(10-13)20-12(2)14-6-4-5-9-17-14/h4-10,12H,1-3H3. The second kappa shape index (κ2) is 6.19. The summed E-state index contributed by atoms with van der Waals surface area (Å²) >= 11 is 0. The van der Waals surface area contributed by atoms with Crippen LogP contribution in [-0.2, 0) is 0 Å². The molecule has 0 bridgehead atoms. The number of pyridine rings is 1. The van der Waals surface area contributed by atoms with E-state index in [2.05, 4.69) is 4.98 Å². The summed E-state index contributed by atoms with van der Waals surface area (Å²) in [4.78, 5) is 15.7. The van der Waals surface area contributed by atoms with Gasteiger partial charge in [0, 0.05) is 11.8 Å². The molecule has 0 fully saturated rings. The topological polar surface area (TPSA) is 48.4 Å². The molecule has 1 aromatic heterocycles. The van der Waals surface area contributed by atoms with Crippen LogP contribution in [0.4, 0.5) is 0 Å². The first-order valence-electron chi connectivity index (χ1n) is 6.38. The van der Waals surface area contributed by atoms with Gasteiger partial charge in [-0.25, -0.2) is 0 Å². The van der Waals surface area contributed by atoms with E-state index in [-0.39, 0.29) is 11.9 Å². The first kappa shape index (κ1) is 14.1. The summed E-state index contributed by atoms with van der Waals surface area (Å²) in [6, 6.07) is 10.8. The lowest BCUT2D eigenvalue weighted by Gasteiger charge is -2.17. The number of benzene rings is 1. The van der Waals surface area contributed by atoms with Crippen LogP contribution < -0.4 is 9.47 Å². The zero-order valence-corrected chi connectivity index (χ0v) is 11.8. The van der Waals surface area contributed by atoms with E-state index in [0.29, 0.717) is 17.1 Å². The monoisotopic (exact) mass is 271 g/mol. The molecule has 1 unspecified atom stereocenters. The van der Waals surface area contributed by atoms with Gasteiger partial charge in [0.1, 0.15) is 6.10 Å². The molecular weight excluding hydrogens is 254 g/mol. The minimum atomic E-state index is -0.229. The van der Waals surface area contributed by atoms with Gasteiger partial charge in [-0.3, -0.25) is 9.78 Å². The van der Waals surface area contributed by atoms with Gasteiger partial charge < -0.3 is 9.47 Å². The lowest BCUT2D eigenvalue weighted by molar-refractivity contribution is 0.101.